The third-order valence-corrected chi connectivity index (χ3v) is 2.59. The van der Waals surface area contributed by atoms with Gasteiger partial charge in [0.1, 0.15) is 5.75 Å². The maximum absolute atomic E-state index is 5.69. The van der Waals surface area contributed by atoms with Crippen molar-refractivity contribution in [2.45, 2.75) is 32.9 Å². The van der Waals surface area contributed by atoms with E-state index in [1.165, 1.54) is 0 Å². The summed E-state index contributed by atoms with van der Waals surface area (Å²) in [6, 6.07) is 8.18. The van der Waals surface area contributed by atoms with Gasteiger partial charge >= 0.3 is 0 Å². The Morgan fingerprint density at radius 3 is 2.52 bits per heavy atom. The zero-order valence-electron chi connectivity index (χ0n) is 13.0. The summed E-state index contributed by atoms with van der Waals surface area (Å²) in [6.45, 7) is 6.01. The Bertz CT molecular complexity index is 408. The fourth-order valence-electron chi connectivity index (χ4n) is 1.62. The minimum atomic E-state index is 0. The molecule has 5 nitrogen and oxygen atoms in total. The van der Waals surface area contributed by atoms with E-state index in [4.69, 9.17) is 15.2 Å². The zero-order chi connectivity index (χ0) is 14.8. The number of ether oxygens (including phenoxy) is 2. The number of benzene rings is 1. The number of hydrogen-bond donors (Lipinski definition) is 2. The van der Waals surface area contributed by atoms with E-state index < -0.39 is 0 Å². The van der Waals surface area contributed by atoms with Gasteiger partial charge in [0.25, 0.3) is 0 Å². The normalized spacial score (nSPS) is 11.1. The lowest BCUT2D eigenvalue weighted by molar-refractivity contribution is 0.120. The van der Waals surface area contributed by atoms with Gasteiger partial charge in [-0.2, -0.15) is 0 Å². The van der Waals surface area contributed by atoms with Gasteiger partial charge in [0.2, 0.25) is 0 Å². The molecular weight excluding hydrogens is 381 g/mol. The van der Waals surface area contributed by atoms with Crippen LogP contribution in [0, 0.1) is 0 Å². The molecule has 1 aromatic rings. The van der Waals surface area contributed by atoms with Crippen LogP contribution in [0.25, 0.3) is 0 Å². The van der Waals surface area contributed by atoms with Crippen LogP contribution in [0.2, 0.25) is 0 Å². The molecule has 0 spiro atoms. The Balaban J connectivity index is 0.00000400. The molecule has 0 heterocycles. The van der Waals surface area contributed by atoms with E-state index >= 15 is 0 Å². The van der Waals surface area contributed by atoms with Gasteiger partial charge < -0.3 is 20.5 Å². The molecule has 0 aliphatic heterocycles. The highest BCUT2D eigenvalue weighted by atomic mass is 127. The molecule has 21 heavy (non-hydrogen) atoms. The van der Waals surface area contributed by atoms with Crippen LogP contribution >= 0.6 is 24.0 Å². The molecule has 0 fully saturated rings. The molecule has 3 N–H and O–H groups in total. The number of methoxy groups -OCH3 is 1. The minimum absolute atomic E-state index is 0. The van der Waals surface area contributed by atoms with E-state index in [1.54, 1.807) is 7.11 Å². The highest BCUT2D eigenvalue weighted by molar-refractivity contribution is 14.0. The smallest absolute Gasteiger partial charge is 0.188 e. The van der Waals surface area contributed by atoms with Gasteiger partial charge in [-0.15, -0.1) is 24.0 Å². The average Bonchev–Trinajstić information content (AvgIpc) is 2.42. The van der Waals surface area contributed by atoms with Crippen LogP contribution in [0.5, 0.6) is 5.75 Å². The number of nitrogens with two attached hydrogens (primary N) is 1. The van der Waals surface area contributed by atoms with Crippen LogP contribution in [0.15, 0.2) is 29.3 Å². The molecule has 0 aromatic heterocycles. The van der Waals surface area contributed by atoms with Crippen molar-refractivity contribution in [2.24, 2.45) is 10.7 Å². The summed E-state index contributed by atoms with van der Waals surface area (Å²) in [7, 11) is 1.66. The maximum atomic E-state index is 5.69. The second kappa shape index (κ2) is 11.6. The van der Waals surface area contributed by atoms with Gasteiger partial charge in [0.15, 0.2) is 5.96 Å². The average molecular weight is 407 g/mol. The molecule has 6 heteroatoms. The summed E-state index contributed by atoms with van der Waals surface area (Å²) in [5, 5.41) is 3.05. The summed E-state index contributed by atoms with van der Waals surface area (Å²) < 4.78 is 10.7. The van der Waals surface area contributed by atoms with Gasteiger partial charge in [-0.1, -0.05) is 12.1 Å². The van der Waals surface area contributed by atoms with Crippen LogP contribution in [-0.2, 0) is 11.3 Å². The zero-order valence-corrected chi connectivity index (χ0v) is 15.3. The van der Waals surface area contributed by atoms with Crippen molar-refractivity contribution in [3.8, 4) is 5.75 Å². The Labute approximate surface area is 144 Å². The third-order valence-electron chi connectivity index (χ3n) is 2.59. The molecule has 0 bridgehead atoms. The van der Waals surface area contributed by atoms with E-state index in [0.29, 0.717) is 31.8 Å². The van der Waals surface area contributed by atoms with E-state index in [0.717, 1.165) is 17.7 Å². The van der Waals surface area contributed by atoms with Crippen molar-refractivity contribution in [1.29, 1.82) is 0 Å². The van der Waals surface area contributed by atoms with Crippen molar-refractivity contribution < 1.29 is 9.47 Å². The SMILES string of the molecule is COc1ccc(COCCCN=C(N)NC(C)C)cc1.I. The van der Waals surface area contributed by atoms with Crippen molar-refractivity contribution in [3.05, 3.63) is 29.8 Å². The fourth-order valence-corrected chi connectivity index (χ4v) is 1.62. The van der Waals surface area contributed by atoms with Crippen LogP contribution < -0.4 is 15.8 Å². The maximum Gasteiger partial charge on any atom is 0.188 e. The first-order valence-corrected chi connectivity index (χ1v) is 6.89. The largest absolute Gasteiger partial charge is 0.497 e. The highest BCUT2D eigenvalue weighted by Crippen LogP contribution is 2.11. The predicted octanol–water partition coefficient (Wildman–Crippen LogP) is 2.53. The van der Waals surface area contributed by atoms with Gasteiger partial charge in [0.05, 0.1) is 13.7 Å². The first-order chi connectivity index (χ1) is 9.61. The molecule has 1 aromatic carbocycles. The monoisotopic (exact) mass is 407 g/mol. The summed E-state index contributed by atoms with van der Waals surface area (Å²) in [5.74, 6) is 1.35. The number of nitrogens with zero attached hydrogens (tertiary/aromatic N) is 1. The second-order valence-corrected chi connectivity index (χ2v) is 4.82. The lowest BCUT2D eigenvalue weighted by Gasteiger charge is -2.08. The summed E-state index contributed by atoms with van der Waals surface area (Å²) in [5.41, 5.74) is 6.83. The molecule has 120 valence electrons. The number of nitrogens with one attached hydrogen (secondary N) is 1. The molecule has 0 saturated heterocycles. The fraction of sp³-hybridized carbons (Fsp3) is 0.533. The number of halogens is 1. The molecule has 0 aliphatic rings. The molecule has 0 unspecified atom stereocenters. The van der Waals surface area contributed by atoms with Gasteiger partial charge in [-0.05, 0) is 38.0 Å². The molecular formula is C15H26IN3O2. The highest BCUT2D eigenvalue weighted by Gasteiger charge is 1.96. The van der Waals surface area contributed by atoms with E-state index in [2.05, 4.69) is 10.3 Å². The number of guanidine groups is 1. The lowest BCUT2D eigenvalue weighted by Crippen LogP contribution is -2.36. The molecule has 0 atom stereocenters. The Morgan fingerprint density at radius 2 is 1.95 bits per heavy atom. The molecule has 0 radical (unpaired) electrons. The van der Waals surface area contributed by atoms with Crippen molar-refractivity contribution in [1.82, 2.24) is 5.32 Å². The lowest BCUT2D eigenvalue weighted by atomic mass is 10.2. The summed E-state index contributed by atoms with van der Waals surface area (Å²) >= 11 is 0. The van der Waals surface area contributed by atoms with E-state index in [9.17, 15) is 0 Å². The molecule has 1 rings (SSSR count). The van der Waals surface area contributed by atoms with Crippen LogP contribution in [-0.4, -0.2) is 32.3 Å². The molecule has 0 amide bonds. The second-order valence-electron chi connectivity index (χ2n) is 4.82. The van der Waals surface area contributed by atoms with Crippen molar-refractivity contribution >= 4 is 29.9 Å². The quantitative estimate of drug-likeness (QED) is 0.301. The van der Waals surface area contributed by atoms with Crippen molar-refractivity contribution in [2.75, 3.05) is 20.3 Å². The van der Waals surface area contributed by atoms with E-state index in [-0.39, 0.29) is 24.0 Å². The predicted molar refractivity (Wildman–Crippen MR) is 97.4 cm³/mol. The Kier molecular flexibility index (Phi) is 11.1. The standard InChI is InChI=1S/C15H25N3O2.HI/c1-12(2)18-15(16)17-9-4-10-20-11-13-5-7-14(19-3)8-6-13;/h5-8,12H,4,9-11H2,1-3H3,(H3,16,17,18);1H. The molecule has 0 aliphatic carbocycles. The summed E-state index contributed by atoms with van der Waals surface area (Å²) in [6.07, 6.45) is 0.858. The topological polar surface area (TPSA) is 68.9 Å². The minimum Gasteiger partial charge on any atom is -0.497 e. The third kappa shape index (κ3) is 9.52. The van der Waals surface area contributed by atoms with Crippen LogP contribution in [0.3, 0.4) is 0 Å². The number of rotatable bonds is 8. The van der Waals surface area contributed by atoms with Crippen molar-refractivity contribution in [3.63, 3.8) is 0 Å². The Hall–Kier alpha value is -1.02. The van der Waals surface area contributed by atoms with Crippen LogP contribution in [0.4, 0.5) is 0 Å². The van der Waals surface area contributed by atoms with Gasteiger partial charge in [0, 0.05) is 19.2 Å². The first-order valence-electron chi connectivity index (χ1n) is 6.89. The van der Waals surface area contributed by atoms with Gasteiger partial charge in [-0.25, -0.2) is 0 Å². The number of aliphatic imine (C=N–C) groups is 1. The first kappa shape index (κ1) is 20.0. The summed E-state index contributed by atoms with van der Waals surface area (Å²) in [4.78, 5) is 4.22. The van der Waals surface area contributed by atoms with E-state index in [1.807, 2.05) is 38.1 Å². The van der Waals surface area contributed by atoms with Gasteiger partial charge in [-0.3, -0.25) is 4.99 Å². The van der Waals surface area contributed by atoms with Crippen LogP contribution in [0.1, 0.15) is 25.8 Å². The Morgan fingerprint density at radius 1 is 1.29 bits per heavy atom. The molecule has 0 saturated carbocycles. The number of hydrogen-bond acceptors (Lipinski definition) is 3.